The van der Waals surface area contributed by atoms with Crippen LogP contribution in [-0.4, -0.2) is 9.78 Å². The summed E-state index contributed by atoms with van der Waals surface area (Å²) in [5.41, 5.74) is 1.18. The van der Waals surface area contributed by atoms with Crippen LogP contribution in [0.5, 0.6) is 0 Å². The summed E-state index contributed by atoms with van der Waals surface area (Å²) in [5, 5.41) is 7.50. The molecule has 0 saturated heterocycles. The highest BCUT2D eigenvalue weighted by Crippen LogP contribution is 2.11. The van der Waals surface area contributed by atoms with Crippen LogP contribution in [0.4, 0.5) is 0 Å². The van der Waals surface area contributed by atoms with Crippen molar-refractivity contribution >= 4 is 0 Å². The summed E-state index contributed by atoms with van der Waals surface area (Å²) in [4.78, 5) is 0. The molecule has 2 aromatic heterocycles. The second kappa shape index (κ2) is 4.31. The van der Waals surface area contributed by atoms with Gasteiger partial charge >= 0.3 is 0 Å². The van der Waals surface area contributed by atoms with E-state index in [1.165, 1.54) is 5.56 Å². The molecule has 80 valence electrons. The third kappa shape index (κ3) is 2.47. The van der Waals surface area contributed by atoms with Crippen LogP contribution in [0.25, 0.3) is 0 Å². The molecule has 4 heteroatoms. The molecule has 4 nitrogen and oxygen atoms in total. The minimum atomic E-state index is 0.281. The molecular weight excluding hydrogens is 190 g/mol. The highest BCUT2D eigenvalue weighted by Gasteiger charge is 2.07. The fourth-order valence-electron chi connectivity index (χ4n) is 1.45. The van der Waals surface area contributed by atoms with Crippen molar-refractivity contribution in [2.45, 2.75) is 19.5 Å². The van der Waals surface area contributed by atoms with E-state index in [1.54, 1.807) is 10.9 Å². The molecule has 15 heavy (non-hydrogen) atoms. The monoisotopic (exact) mass is 205 g/mol. The lowest BCUT2D eigenvalue weighted by Crippen LogP contribution is -2.17. The number of aromatic nitrogens is 2. The van der Waals surface area contributed by atoms with E-state index in [9.17, 15) is 0 Å². The summed E-state index contributed by atoms with van der Waals surface area (Å²) < 4.78 is 7.05. The van der Waals surface area contributed by atoms with Crippen molar-refractivity contribution in [2.24, 2.45) is 7.05 Å². The number of furan rings is 1. The van der Waals surface area contributed by atoms with Gasteiger partial charge in [-0.2, -0.15) is 5.10 Å². The minimum absolute atomic E-state index is 0.281. The quantitative estimate of drug-likeness (QED) is 0.828. The summed E-state index contributed by atoms with van der Waals surface area (Å²) in [6.45, 7) is 2.85. The van der Waals surface area contributed by atoms with E-state index >= 15 is 0 Å². The largest absolute Gasteiger partial charge is 0.468 e. The molecule has 0 saturated carbocycles. The zero-order chi connectivity index (χ0) is 10.7. The lowest BCUT2D eigenvalue weighted by atomic mass is 10.2. The zero-order valence-corrected chi connectivity index (χ0v) is 8.97. The van der Waals surface area contributed by atoms with Gasteiger partial charge in [-0.25, -0.2) is 0 Å². The Labute approximate surface area is 88.9 Å². The Morgan fingerprint density at radius 2 is 2.47 bits per heavy atom. The summed E-state index contributed by atoms with van der Waals surface area (Å²) in [7, 11) is 1.92. The van der Waals surface area contributed by atoms with Crippen molar-refractivity contribution in [3.63, 3.8) is 0 Å². The summed E-state index contributed by atoms with van der Waals surface area (Å²) >= 11 is 0. The van der Waals surface area contributed by atoms with Crippen LogP contribution in [0.2, 0.25) is 0 Å². The first kappa shape index (κ1) is 9.98. The van der Waals surface area contributed by atoms with Gasteiger partial charge in [0.15, 0.2) is 0 Å². The van der Waals surface area contributed by atoms with Gasteiger partial charge in [-0.05, 0) is 19.1 Å². The number of nitrogens with zero attached hydrogens (tertiary/aromatic N) is 2. The molecule has 0 aliphatic heterocycles. The molecule has 0 spiro atoms. The first-order chi connectivity index (χ1) is 7.25. The smallest absolute Gasteiger partial charge is 0.117 e. The molecule has 0 aliphatic rings. The van der Waals surface area contributed by atoms with Gasteiger partial charge in [0, 0.05) is 24.8 Å². The second-order valence-corrected chi connectivity index (χ2v) is 3.63. The van der Waals surface area contributed by atoms with Gasteiger partial charge in [0.05, 0.1) is 19.0 Å². The van der Waals surface area contributed by atoms with E-state index in [0.717, 1.165) is 12.3 Å². The summed E-state index contributed by atoms with van der Waals surface area (Å²) in [5.74, 6) is 0.950. The van der Waals surface area contributed by atoms with Crippen LogP contribution in [0.3, 0.4) is 0 Å². The Morgan fingerprint density at radius 3 is 3.07 bits per heavy atom. The van der Waals surface area contributed by atoms with Crippen molar-refractivity contribution < 1.29 is 4.42 Å². The fourth-order valence-corrected chi connectivity index (χ4v) is 1.45. The number of hydrogen-bond donors (Lipinski definition) is 1. The molecular formula is C11H15N3O. The SMILES string of the molecule is CC(NCc1ccco1)c1cnn(C)c1. The molecule has 2 heterocycles. The Bertz CT molecular complexity index is 405. The van der Waals surface area contributed by atoms with Gasteiger partial charge in [0.2, 0.25) is 0 Å². The van der Waals surface area contributed by atoms with E-state index in [2.05, 4.69) is 17.3 Å². The van der Waals surface area contributed by atoms with Crippen molar-refractivity contribution in [3.05, 3.63) is 42.1 Å². The molecule has 0 aliphatic carbocycles. The minimum Gasteiger partial charge on any atom is -0.468 e. The van der Waals surface area contributed by atoms with E-state index in [0.29, 0.717) is 0 Å². The van der Waals surface area contributed by atoms with Crippen LogP contribution < -0.4 is 5.32 Å². The molecule has 1 N–H and O–H groups in total. The van der Waals surface area contributed by atoms with Crippen molar-refractivity contribution in [1.82, 2.24) is 15.1 Å². The number of aryl methyl sites for hydroxylation is 1. The van der Waals surface area contributed by atoms with E-state index in [-0.39, 0.29) is 6.04 Å². The van der Waals surface area contributed by atoms with Crippen LogP contribution in [0, 0.1) is 0 Å². The predicted octanol–water partition coefficient (Wildman–Crippen LogP) is 1.86. The van der Waals surface area contributed by atoms with E-state index < -0.39 is 0 Å². The van der Waals surface area contributed by atoms with E-state index in [1.807, 2.05) is 31.6 Å². The molecule has 0 radical (unpaired) electrons. The molecule has 2 rings (SSSR count). The van der Waals surface area contributed by atoms with Crippen LogP contribution in [-0.2, 0) is 13.6 Å². The predicted molar refractivity (Wildman–Crippen MR) is 57.2 cm³/mol. The standard InChI is InChI=1S/C11H15N3O/c1-9(10-6-13-14(2)8-10)12-7-11-4-3-5-15-11/h3-6,8-9,12H,7H2,1-2H3. The average Bonchev–Trinajstić information content (AvgIpc) is 2.84. The van der Waals surface area contributed by atoms with Gasteiger partial charge in [-0.3, -0.25) is 4.68 Å². The summed E-state index contributed by atoms with van der Waals surface area (Å²) in [6.07, 6.45) is 5.57. The van der Waals surface area contributed by atoms with Crippen LogP contribution >= 0.6 is 0 Å². The maximum atomic E-state index is 5.24. The number of rotatable bonds is 4. The van der Waals surface area contributed by atoms with Crippen LogP contribution in [0.15, 0.2) is 35.2 Å². The van der Waals surface area contributed by atoms with Gasteiger partial charge in [-0.1, -0.05) is 0 Å². The first-order valence-corrected chi connectivity index (χ1v) is 5.00. The average molecular weight is 205 g/mol. The van der Waals surface area contributed by atoms with Gasteiger partial charge in [-0.15, -0.1) is 0 Å². The molecule has 0 amide bonds. The molecule has 2 aromatic rings. The van der Waals surface area contributed by atoms with Crippen molar-refractivity contribution in [2.75, 3.05) is 0 Å². The maximum absolute atomic E-state index is 5.24. The molecule has 0 aromatic carbocycles. The first-order valence-electron chi connectivity index (χ1n) is 5.00. The molecule has 1 atom stereocenters. The molecule has 0 fully saturated rings. The Kier molecular flexibility index (Phi) is 2.87. The Hall–Kier alpha value is -1.55. The van der Waals surface area contributed by atoms with E-state index in [4.69, 9.17) is 4.42 Å². The van der Waals surface area contributed by atoms with Crippen molar-refractivity contribution in [3.8, 4) is 0 Å². The summed E-state index contributed by atoms with van der Waals surface area (Å²) in [6, 6.07) is 4.14. The number of nitrogens with one attached hydrogen (secondary N) is 1. The second-order valence-electron chi connectivity index (χ2n) is 3.63. The van der Waals surface area contributed by atoms with Gasteiger partial charge < -0.3 is 9.73 Å². The lowest BCUT2D eigenvalue weighted by Gasteiger charge is -2.10. The lowest BCUT2D eigenvalue weighted by molar-refractivity contribution is 0.460. The highest BCUT2D eigenvalue weighted by atomic mass is 16.3. The fraction of sp³-hybridized carbons (Fsp3) is 0.364. The Balaban J connectivity index is 1.90. The normalized spacial score (nSPS) is 12.9. The van der Waals surface area contributed by atoms with Crippen LogP contribution in [0.1, 0.15) is 24.3 Å². The zero-order valence-electron chi connectivity index (χ0n) is 8.97. The topological polar surface area (TPSA) is 43.0 Å². The number of hydrogen-bond acceptors (Lipinski definition) is 3. The van der Waals surface area contributed by atoms with Gasteiger partial charge in [0.25, 0.3) is 0 Å². The van der Waals surface area contributed by atoms with Crippen molar-refractivity contribution in [1.29, 1.82) is 0 Å². The maximum Gasteiger partial charge on any atom is 0.117 e. The third-order valence-electron chi connectivity index (χ3n) is 2.39. The Morgan fingerprint density at radius 1 is 1.60 bits per heavy atom. The van der Waals surface area contributed by atoms with Gasteiger partial charge in [0.1, 0.15) is 5.76 Å². The third-order valence-corrected chi connectivity index (χ3v) is 2.39. The molecule has 1 unspecified atom stereocenters. The highest BCUT2D eigenvalue weighted by molar-refractivity contribution is 5.09. The molecule has 0 bridgehead atoms.